The molecule has 2 N–H and O–H groups in total. The van der Waals surface area contributed by atoms with Gasteiger partial charge in [0.2, 0.25) is 0 Å². The number of halogens is 1. The van der Waals surface area contributed by atoms with E-state index in [-0.39, 0.29) is 16.4 Å². The smallest absolute Gasteiger partial charge is 0.272 e. The molecule has 0 aliphatic rings. The van der Waals surface area contributed by atoms with Crippen LogP contribution >= 0.6 is 0 Å². The SMILES string of the molecule is CCOc1ccc(S(=O)(=O)NNC(=O)COc2ccccc2F)cc1OCC. The molecule has 28 heavy (non-hydrogen) atoms. The van der Waals surface area contributed by atoms with E-state index in [0.717, 1.165) is 0 Å². The highest BCUT2D eigenvalue weighted by Crippen LogP contribution is 2.30. The maximum Gasteiger partial charge on any atom is 0.272 e. The highest BCUT2D eigenvalue weighted by Gasteiger charge is 2.18. The van der Waals surface area contributed by atoms with Crippen molar-refractivity contribution in [3.8, 4) is 17.2 Å². The molecule has 0 bridgehead atoms. The summed E-state index contributed by atoms with van der Waals surface area (Å²) >= 11 is 0. The van der Waals surface area contributed by atoms with Gasteiger partial charge < -0.3 is 14.2 Å². The quantitative estimate of drug-likeness (QED) is 0.579. The lowest BCUT2D eigenvalue weighted by Crippen LogP contribution is -2.43. The van der Waals surface area contributed by atoms with E-state index in [2.05, 4.69) is 0 Å². The molecule has 0 fully saturated rings. The molecule has 2 rings (SSSR count). The Morgan fingerprint density at radius 1 is 0.964 bits per heavy atom. The Hall–Kier alpha value is -2.85. The van der Waals surface area contributed by atoms with Crippen LogP contribution in [0.2, 0.25) is 0 Å². The van der Waals surface area contributed by atoms with Gasteiger partial charge in [0.05, 0.1) is 18.1 Å². The number of hydrazine groups is 1. The molecule has 0 saturated heterocycles. The average molecular weight is 412 g/mol. The molecule has 0 heterocycles. The van der Waals surface area contributed by atoms with Crippen LogP contribution in [0.25, 0.3) is 0 Å². The van der Waals surface area contributed by atoms with Crippen LogP contribution in [-0.2, 0) is 14.8 Å². The van der Waals surface area contributed by atoms with E-state index in [0.29, 0.717) is 19.0 Å². The number of hydrogen-bond acceptors (Lipinski definition) is 6. The zero-order chi connectivity index (χ0) is 20.6. The van der Waals surface area contributed by atoms with Crippen LogP contribution in [0.15, 0.2) is 47.4 Å². The lowest BCUT2D eigenvalue weighted by molar-refractivity contribution is -0.123. The lowest BCUT2D eigenvalue weighted by Gasteiger charge is -2.13. The van der Waals surface area contributed by atoms with E-state index in [1.54, 1.807) is 19.9 Å². The Labute approximate surface area is 162 Å². The van der Waals surface area contributed by atoms with E-state index in [4.69, 9.17) is 14.2 Å². The van der Waals surface area contributed by atoms with Crippen molar-refractivity contribution in [2.75, 3.05) is 19.8 Å². The summed E-state index contributed by atoms with van der Waals surface area (Å²) in [5.41, 5.74) is 2.01. The summed E-state index contributed by atoms with van der Waals surface area (Å²) in [7, 11) is -4.07. The van der Waals surface area contributed by atoms with Gasteiger partial charge in [-0.1, -0.05) is 12.1 Å². The Morgan fingerprint density at radius 3 is 2.32 bits per heavy atom. The minimum atomic E-state index is -4.07. The van der Waals surface area contributed by atoms with Gasteiger partial charge in [0.25, 0.3) is 15.9 Å². The van der Waals surface area contributed by atoms with Crippen LogP contribution in [-0.4, -0.2) is 34.1 Å². The zero-order valence-corrected chi connectivity index (χ0v) is 16.2. The summed E-state index contributed by atoms with van der Waals surface area (Å²) in [4.78, 5) is 13.6. The molecule has 2 aromatic rings. The zero-order valence-electron chi connectivity index (χ0n) is 15.4. The van der Waals surface area contributed by atoms with E-state index >= 15 is 0 Å². The monoisotopic (exact) mass is 412 g/mol. The Morgan fingerprint density at radius 2 is 1.64 bits per heavy atom. The fourth-order valence-corrected chi connectivity index (χ4v) is 3.00. The van der Waals surface area contributed by atoms with Gasteiger partial charge in [-0.25, -0.2) is 12.8 Å². The van der Waals surface area contributed by atoms with Gasteiger partial charge in [-0.15, -0.1) is 4.83 Å². The first-order valence-electron chi connectivity index (χ1n) is 8.45. The number of sulfonamides is 1. The van der Waals surface area contributed by atoms with E-state index in [1.165, 1.54) is 36.4 Å². The predicted octanol–water partition coefficient (Wildman–Crippen LogP) is 2.01. The molecule has 2 aromatic carbocycles. The van der Waals surface area contributed by atoms with Crippen molar-refractivity contribution in [1.29, 1.82) is 0 Å². The van der Waals surface area contributed by atoms with Gasteiger partial charge in [-0.05, 0) is 38.1 Å². The second-order valence-electron chi connectivity index (χ2n) is 5.35. The molecule has 10 heteroatoms. The standard InChI is InChI=1S/C18H21FN2O6S/c1-3-25-16-10-9-13(11-17(16)26-4-2)28(23,24)21-20-18(22)12-27-15-8-6-5-7-14(15)19/h5-11,21H,3-4,12H2,1-2H3,(H,20,22). The average Bonchev–Trinajstić information content (AvgIpc) is 2.67. The third kappa shape index (κ3) is 5.83. The van der Waals surface area contributed by atoms with Crippen LogP contribution in [0, 0.1) is 5.82 Å². The normalized spacial score (nSPS) is 11.0. The number of benzene rings is 2. The van der Waals surface area contributed by atoms with Crippen molar-refractivity contribution < 1.29 is 31.8 Å². The van der Waals surface area contributed by atoms with Crippen molar-refractivity contribution in [3.05, 3.63) is 48.3 Å². The van der Waals surface area contributed by atoms with Crippen LogP contribution in [0.3, 0.4) is 0 Å². The minimum Gasteiger partial charge on any atom is -0.490 e. The van der Waals surface area contributed by atoms with Gasteiger partial charge in [0.15, 0.2) is 29.7 Å². The number of hydrogen-bond donors (Lipinski definition) is 2. The number of rotatable bonds is 10. The van der Waals surface area contributed by atoms with Crippen molar-refractivity contribution in [2.24, 2.45) is 0 Å². The van der Waals surface area contributed by atoms with Crippen molar-refractivity contribution in [2.45, 2.75) is 18.7 Å². The molecule has 0 spiro atoms. The van der Waals surface area contributed by atoms with Crippen molar-refractivity contribution in [3.63, 3.8) is 0 Å². The molecule has 0 aliphatic carbocycles. The topological polar surface area (TPSA) is 103 Å². The van der Waals surface area contributed by atoms with E-state index < -0.39 is 28.4 Å². The second-order valence-corrected chi connectivity index (χ2v) is 7.03. The van der Waals surface area contributed by atoms with Crippen LogP contribution in [0.1, 0.15) is 13.8 Å². The lowest BCUT2D eigenvalue weighted by atomic mass is 10.3. The molecule has 0 aliphatic heterocycles. The summed E-state index contributed by atoms with van der Waals surface area (Å²) in [5.74, 6) is -0.878. The molecule has 1 amide bonds. The molecule has 0 atom stereocenters. The highest BCUT2D eigenvalue weighted by atomic mass is 32.2. The second kappa shape index (κ2) is 9.90. The van der Waals surface area contributed by atoms with E-state index in [9.17, 15) is 17.6 Å². The largest absolute Gasteiger partial charge is 0.490 e. The first-order valence-corrected chi connectivity index (χ1v) is 9.93. The number of carbonyl (C=O) groups is 1. The number of ether oxygens (including phenoxy) is 3. The van der Waals surface area contributed by atoms with Gasteiger partial charge in [0.1, 0.15) is 0 Å². The summed E-state index contributed by atoms with van der Waals surface area (Å²) in [6.45, 7) is 3.69. The molecule has 0 aromatic heterocycles. The van der Waals surface area contributed by atoms with Gasteiger partial charge >= 0.3 is 0 Å². The van der Waals surface area contributed by atoms with E-state index in [1.807, 2.05) is 10.3 Å². The van der Waals surface area contributed by atoms with Gasteiger partial charge in [-0.2, -0.15) is 0 Å². The third-order valence-corrected chi connectivity index (χ3v) is 4.59. The summed E-state index contributed by atoms with van der Waals surface area (Å²) < 4.78 is 53.9. The number of nitrogens with one attached hydrogen (secondary N) is 2. The minimum absolute atomic E-state index is 0.117. The maximum atomic E-state index is 13.4. The Balaban J connectivity index is 2.00. The van der Waals surface area contributed by atoms with Crippen LogP contribution in [0.5, 0.6) is 17.2 Å². The van der Waals surface area contributed by atoms with Gasteiger partial charge in [-0.3, -0.25) is 10.2 Å². The first kappa shape index (κ1) is 21.5. The van der Waals surface area contributed by atoms with Crippen LogP contribution in [0.4, 0.5) is 4.39 Å². The Bertz CT molecular complexity index is 920. The number of para-hydroxylation sites is 1. The third-order valence-electron chi connectivity index (χ3n) is 3.35. The maximum absolute atomic E-state index is 13.4. The molecule has 0 unspecified atom stereocenters. The van der Waals surface area contributed by atoms with Gasteiger partial charge in [0, 0.05) is 6.07 Å². The summed E-state index contributed by atoms with van der Waals surface area (Å²) in [5, 5.41) is 0. The molecule has 0 saturated carbocycles. The first-order chi connectivity index (χ1) is 13.4. The van der Waals surface area contributed by atoms with Crippen LogP contribution < -0.4 is 24.5 Å². The fraction of sp³-hybridized carbons (Fsp3) is 0.278. The van der Waals surface area contributed by atoms with Crippen molar-refractivity contribution >= 4 is 15.9 Å². The molecular weight excluding hydrogens is 391 g/mol. The molecule has 0 radical (unpaired) electrons. The molecule has 8 nitrogen and oxygen atoms in total. The van der Waals surface area contributed by atoms with Crippen molar-refractivity contribution in [1.82, 2.24) is 10.3 Å². The Kier molecular flexibility index (Phi) is 7.59. The fourth-order valence-electron chi connectivity index (χ4n) is 2.12. The number of amides is 1. The molecular formula is C18H21FN2O6S. The molecule has 152 valence electrons. The number of carbonyl (C=O) groups excluding carboxylic acids is 1. The summed E-state index contributed by atoms with van der Waals surface area (Å²) in [6, 6.07) is 9.62. The summed E-state index contributed by atoms with van der Waals surface area (Å²) in [6.07, 6.45) is 0. The predicted molar refractivity (Wildman–Crippen MR) is 99.1 cm³/mol. The highest BCUT2D eigenvalue weighted by molar-refractivity contribution is 7.89.